The molecule has 1 aromatic carbocycles. The topological polar surface area (TPSA) is 75.4 Å². The lowest BCUT2D eigenvalue weighted by atomic mass is 9.96. The van der Waals surface area contributed by atoms with Gasteiger partial charge < -0.3 is 16.0 Å². The highest BCUT2D eigenvalue weighted by Gasteiger charge is 2.23. The number of carbonyl (C=O) groups excluding carboxylic acids is 2. The van der Waals surface area contributed by atoms with E-state index in [1.54, 1.807) is 19.2 Å². The Morgan fingerprint density at radius 3 is 2.38 bits per heavy atom. The maximum atomic E-state index is 12.3. The number of hydrogen-bond acceptors (Lipinski definition) is 3. The number of amides is 2. The van der Waals surface area contributed by atoms with Gasteiger partial charge in [0, 0.05) is 19.3 Å². The molecule has 5 heteroatoms. The van der Waals surface area contributed by atoms with Crippen molar-refractivity contribution >= 4 is 17.5 Å². The van der Waals surface area contributed by atoms with E-state index in [-0.39, 0.29) is 24.3 Å². The van der Waals surface area contributed by atoms with Crippen molar-refractivity contribution in [3.05, 3.63) is 30.3 Å². The van der Waals surface area contributed by atoms with E-state index in [1.165, 1.54) is 4.90 Å². The van der Waals surface area contributed by atoms with Crippen LogP contribution in [0.15, 0.2) is 30.3 Å². The number of rotatable bonds is 7. The summed E-state index contributed by atoms with van der Waals surface area (Å²) >= 11 is 0. The predicted octanol–water partition coefficient (Wildman–Crippen LogP) is 1.70. The predicted molar refractivity (Wildman–Crippen MR) is 84.7 cm³/mol. The summed E-state index contributed by atoms with van der Waals surface area (Å²) in [4.78, 5) is 25.6. The lowest BCUT2D eigenvalue weighted by Gasteiger charge is -2.23. The van der Waals surface area contributed by atoms with E-state index in [1.807, 2.05) is 18.2 Å². The highest BCUT2D eigenvalue weighted by molar-refractivity contribution is 5.94. The summed E-state index contributed by atoms with van der Waals surface area (Å²) in [5.74, 6) is -0.111. The number of benzene rings is 1. The van der Waals surface area contributed by atoms with Crippen molar-refractivity contribution in [2.24, 2.45) is 17.6 Å². The van der Waals surface area contributed by atoms with Crippen molar-refractivity contribution in [2.75, 3.05) is 25.5 Å². The van der Waals surface area contributed by atoms with Crippen LogP contribution in [0.2, 0.25) is 0 Å². The van der Waals surface area contributed by atoms with Gasteiger partial charge in [0.2, 0.25) is 11.8 Å². The SMILES string of the molecule is CC(C)CC(CN)C(=O)N(C)CC(=O)Nc1ccccc1. The van der Waals surface area contributed by atoms with E-state index in [2.05, 4.69) is 19.2 Å². The smallest absolute Gasteiger partial charge is 0.243 e. The molecule has 1 rings (SSSR count). The van der Waals surface area contributed by atoms with Crippen molar-refractivity contribution in [2.45, 2.75) is 20.3 Å². The normalized spacial score (nSPS) is 12.0. The number of para-hydroxylation sites is 1. The minimum absolute atomic E-state index is 0.0301. The molecule has 1 aromatic rings. The second-order valence-corrected chi connectivity index (χ2v) is 5.67. The van der Waals surface area contributed by atoms with Gasteiger partial charge in [-0.25, -0.2) is 0 Å². The molecular formula is C16H25N3O2. The van der Waals surface area contributed by atoms with Gasteiger partial charge in [0.1, 0.15) is 0 Å². The maximum Gasteiger partial charge on any atom is 0.243 e. The van der Waals surface area contributed by atoms with Crippen LogP contribution in [-0.2, 0) is 9.59 Å². The first-order valence-electron chi connectivity index (χ1n) is 7.24. The van der Waals surface area contributed by atoms with E-state index in [0.29, 0.717) is 12.5 Å². The third kappa shape index (κ3) is 5.95. The zero-order valence-electron chi connectivity index (χ0n) is 13.0. The highest BCUT2D eigenvalue weighted by atomic mass is 16.2. The van der Waals surface area contributed by atoms with E-state index in [4.69, 9.17) is 5.73 Å². The van der Waals surface area contributed by atoms with Crippen LogP contribution >= 0.6 is 0 Å². The number of likely N-dealkylation sites (N-methyl/N-ethyl adjacent to an activating group) is 1. The van der Waals surface area contributed by atoms with Gasteiger partial charge in [-0.1, -0.05) is 32.0 Å². The molecule has 21 heavy (non-hydrogen) atoms. The van der Waals surface area contributed by atoms with Gasteiger partial charge in [-0.15, -0.1) is 0 Å². The van der Waals surface area contributed by atoms with E-state index in [9.17, 15) is 9.59 Å². The second-order valence-electron chi connectivity index (χ2n) is 5.67. The zero-order chi connectivity index (χ0) is 15.8. The molecule has 1 atom stereocenters. The summed E-state index contributed by atoms with van der Waals surface area (Å²) in [5, 5.41) is 2.76. The molecule has 5 nitrogen and oxygen atoms in total. The van der Waals surface area contributed by atoms with Crippen LogP contribution in [0.25, 0.3) is 0 Å². The Labute approximate surface area is 126 Å². The third-order valence-corrected chi connectivity index (χ3v) is 3.20. The number of anilines is 1. The first-order chi connectivity index (χ1) is 9.93. The van der Waals surface area contributed by atoms with Crippen LogP contribution < -0.4 is 11.1 Å². The van der Waals surface area contributed by atoms with Crippen molar-refractivity contribution in [1.82, 2.24) is 4.90 Å². The Morgan fingerprint density at radius 2 is 1.86 bits per heavy atom. The molecule has 0 radical (unpaired) electrons. The lowest BCUT2D eigenvalue weighted by Crippen LogP contribution is -2.41. The van der Waals surface area contributed by atoms with Gasteiger partial charge >= 0.3 is 0 Å². The molecule has 0 bridgehead atoms. The number of carbonyl (C=O) groups is 2. The lowest BCUT2D eigenvalue weighted by molar-refractivity contribution is -0.137. The van der Waals surface area contributed by atoms with Crippen molar-refractivity contribution in [3.63, 3.8) is 0 Å². The van der Waals surface area contributed by atoms with E-state index in [0.717, 1.165) is 12.1 Å². The Kier molecular flexibility index (Phi) is 6.88. The summed E-state index contributed by atoms with van der Waals surface area (Å²) in [6.07, 6.45) is 0.736. The van der Waals surface area contributed by atoms with Gasteiger partial charge in [0.25, 0.3) is 0 Å². The number of hydrogen-bond donors (Lipinski definition) is 2. The number of nitrogens with two attached hydrogens (primary N) is 1. The van der Waals surface area contributed by atoms with Crippen LogP contribution in [-0.4, -0.2) is 36.9 Å². The van der Waals surface area contributed by atoms with E-state index < -0.39 is 0 Å². The molecule has 0 fully saturated rings. The maximum absolute atomic E-state index is 12.3. The molecule has 0 saturated heterocycles. The fourth-order valence-corrected chi connectivity index (χ4v) is 2.19. The van der Waals surface area contributed by atoms with Crippen LogP contribution in [0, 0.1) is 11.8 Å². The average Bonchev–Trinajstić information content (AvgIpc) is 2.44. The van der Waals surface area contributed by atoms with Gasteiger partial charge in [0.15, 0.2) is 0 Å². The summed E-state index contributed by atoms with van der Waals surface area (Å²) in [6, 6.07) is 9.18. The third-order valence-electron chi connectivity index (χ3n) is 3.20. The van der Waals surface area contributed by atoms with Gasteiger partial charge in [0.05, 0.1) is 12.5 Å². The summed E-state index contributed by atoms with van der Waals surface area (Å²) in [7, 11) is 1.63. The molecule has 0 saturated carbocycles. The summed E-state index contributed by atoms with van der Waals surface area (Å²) < 4.78 is 0. The largest absolute Gasteiger partial charge is 0.336 e. The van der Waals surface area contributed by atoms with Crippen molar-refractivity contribution < 1.29 is 9.59 Å². The molecule has 0 aliphatic rings. The Balaban J connectivity index is 2.53. The Bertz CT molecular complexity index is 460. The standard InChI is InChI=1S/C16H25N3O2/c1-12(2)9-13(10-17)16(21)19(3)11-15(20)18-14-7-5-4-6-8-14/h4-8,12-13H,9-11,17H2,1-3H3,(H,18,20). The van der Waals surface area contributed by atoms with Gasteiger partial charge in [-0.05, 0) is 24.5 Å². The highest BCUT2D eigenvalue weighted by Crippen LogP contribution is 2.13. The number of nitrogens with one attached hydrogen (secondary N) is 1. The number of nitrogens with zero attached hydrogens (tertiary/aromatic N) is 1. The first kappa shape index (κ1) is 17.2. The molecule has 0 aromatic heterocycles. The minimum atomic E-state index is -0.223. The van der Waals surface area contributed by atoms with Crippen LogP contribution in [0.4, 0.5) is 5.69 Å². The average molecular weight is 291 g/mol. The summed E-state index contributed by atoms with van der Waals surface area (Å²) in [5.41, 5.74) is 6.39. The Hall–Kier alpha value is -1.88. The summed E-state index contributed by atoms with van der Waals surface area (Å²) in [6.45, 7) is 4.44. The minimum Gasteiger partial charge on any atom is -0.336 e. The molecular weight excluding hydrogens is 266 g/mol. The molecule has 0 spiro atoms. The second kappa shape index (κ2) is 8.42. The zero-order valence-corrected chi connectivity index (χ0v) is 13.0. The van der Waals surface area contributed by atoms with Crippen LogP contribution in [0.1, 0.15) is 20.3 Å². The van der Waals surface area contributed by atoms with Crippen molar-refractivity contribution in [3.8, 4) is 0 Å². The van der Waals surface area contributed by atoms with Gasteiger partial charge in [-0.3, -0.25) is 9.59 Å². The molecule has 116 valence electrons. The van der Waals surface area contributed by atoms with Crippen molar-refractivity contribution in [1.29, 1.82) is 0 Å². The molecule has 3 N–H and O–H groups in total. The fraction of sp³-hybridized carbons (Fsp3) is 0.500. The fourth-order valence-electron chi connectivity index (χ4n) is 2.19. The van der Waals surface area contributed by atoms with Crippen LogP contribution in [0.5, 0.6) is 0 Å². The van der Waals surface area contributed by atoms with E-state index >= 15 is 0 Å². The quantitative estimate of drug-likeness (QED) is 0.803. The van der Waals surface area contributed by atoms with Crippen LogP contribution in [0.3, 0.4) is 0 Å². The Morgan fingerprint density at radius 1 is 1.24 bits per heavy atom. The van der Waals surface area contributed by atoms with Gasteiger partial charge in [-0.2, -0.15) is 0 Å². The molecule has 0 aliphatic carbocycles. The monoisotopic (exact) mass is 291 g/mol. The molecule has 1 unspecified atom stereocenters. The molecule has 2 amide bonds. The first-order valence-corrected chi connectivity index (χ1v) is 7.24. The molecule has 0 heterocycles. The molecule has 0 aliphatic heterocycles.